The van der Waals surface area contributed by atoms with Crippen molar-refractivity contribution >= 4 is 28.7 Å². The van der Waals surface area contributed by atoms with Crippen LogP contribution in [-0.2, 0) is 9.59 Å². The number of carboxylic acids is 2. The molecule has 1 aromatic carbocycles. The van der Waals surface area contributed by atoms with E-state index in [1.807, 2.05) is 41.8 Å². The number of dihydropyridines is 1. The number of hydrogen-bond acceptors (Lipinski definition) is 5. The number of hydrogen-bond donors (Lipinski definition) is 3. The standard InChI is InChI=1S/C22H20N4O4/c1-11-18(21(27)28)12(2)24-20(19(11)22(29)30)14-4-6-15(7-5-14)26-13(3)25-16-10-23-9-8-17(16)26/h4-11,24H,1-3H3,(H,27,28)(H,29,30). The second-order valence-electron chi connectivity index (χ2n) is 7.19. The largest absolute Gasteiger partial charge is 0.478 e. The molecule has 0 bridgehead atoms. The summed E-state index contributed by atoms with van der Waals surface area (Å²) in [5.74, 6) is -2.21. The molecule has 30 heavy (non-hydrogen) atoms. The zero-order valence-corrected chi connectivity index (χ0v) is 16.7. The van der Waals surface area contributed by atoms with Crippen LogP contribution in [0, 0.1) is 12.8 Å². The van der Waals surface area contributed by atoms with Gasteiger partial charge in [-0.25, -0.2) is 14.6 Å². The van der Waals surface area contributed by atoms with Gasteiger partial charge in [-0.15, -0.1) is 0 Å². The Morgan fingerprint density at radius 3 is 2.33 bits per heavy atom. The van der Waals surface area contributed by atoms with Crippen LogP contribution in [0.3, 0.4) is 0 Å². The summed E-state index contributed by atoms with van der Waals surface area (Å²) in [4.78, 5) is 32.1. The first-order valence-electron chi connectivity index (χ1n) is 9.38. The lowest BCUT2D eigenvalue weighted by Gasteiger charge is -2.27. The van der Waals surface area contributed by atoms with Crippen LogP contribution >= 0.6 is 0 Å². The Balaban J connectivity index is 1.79. The molecule has 3 N–H and O–H groups in total. The number of rotatable bonds is 4. The van der Waals surface area contributed by atoms with E-state index >= 15 is 0 Å². The SMILES string of the molecule is CC1=C(C(=O)O)C(C)C(C(=O)O)=C(c2ccc(-n3c(C)nc4cnccc43)cc2)N1. The van der Waals surface area contributed by atoms with E-state index in [1.54, 1.807) is 26.2 Å². The minimum Gasteiger partial charge on any atom is -0.478 e. The molecule has 3 heterocycles. The molecule has 1 aliphatic heterocycles. The third kappa shape index (κ3) is 3.02. The third-order valence-electron chi connectivity index (χ3n) is 5.35. The maximum absolute atomic E-state index is 11.9. The van der Waals surface area contributed by atoms with Gasteiger partial charge in [0.1, 0.15) is 11.3 Å². The highest BCUT2D eigenvalue weighted by Crippen LogP contribution is 2.34. The van der Waals surface area contributed by atoms with Crippen LogP contribution in [0.25, 0.3) is 22.4 Å². The lowest BCUT2D eigenvalue weighted by Crippen LogP contribution is -2.31. The molecule has 2 aromatic heterocycles. The molecule has 1 atom stereocenters. The fourth-order valence-corrected chi connectivity index (χ4v) is 4.03. The van der Waals surface area contributed by atoms with Crippen LogP contribution in [0.15, 0.2) is 59.6 Å². The van der Waals surface area contributed by atoms with Crippen LogP contribution < -0.4 is 5.32 Å². The van der Waals surface area contributed by atoms with Gasteiger partial charge in [0.2, 0.25) is 0 Å². The van der Waals surface area contributed by atoms with Crippen LogP contribution in [0.5, 0.6) is 0 Å². The molecule has 0 saturated heterocycles. The van der Waals surface area contributed by atoms with Gasteiger partial charge in [-0.05, 0) is 37.6 Å². The first-order valence-corrected chi connectivity index (χ1v) is 9.38. The van der Waals surface area contributed by atoms with E-state index in [9.17, 15) is 19.8 Å². The lowest BCUT2D eigenvalue weighted by molar-refractivity contribution is -0.133. The predicted octanol–water partition coefficient (Wildman–Crippen LogP) is 3.12. The number of aromatic nitrogens is 3. The number of aryl methyl sites for hydroxylation is 1. The molecule has 0 aliphatic carbocycles. The van der Waals surface area contributed by atoms with E-state index in [4.69, 9.17) is 0 Å². The van der Waals surface area contributed by atoms with Crippen molar-refractivity contribution in [1.29, 1.82) is 0 Å². The number of carbonyl (C=O) groups is 2. The van der Waals surface area contributed by atoms with Crippen LogP contribution in [0.2, 0.25) is 0 Å². The highest BCUT2D eigenvalue weighted by atomic mass is 16.4. The molecule has 8 heteroatoms. The first kappa shape index (κ1) is 19.4. The molecule has 8 nitrogen and oxygen atoms in total. The van der Waals surface area contributed by atoms with E-state index in [1.165, 1.54) is 0 Å². The molecule has 0 amide bonds. The topological polar surface area (TPSA) is 117 Å². The number of fused-ring (bicyclic) bond motifs is 1. The van der Waals surface area contributed by atoms with Crippen molar-refractivity contribution in [1.82, 2.24) is 19.9 Å². The maximum Gasteiger partial charge on any atom is 0.334 e. The van der Waals surface area contributed by atoms with Crippen LogP contribution in [0.1, 0.15) is 25.2 Å². The summed E-state index contributed by atoms with van der Waals surface area (Å²) in [5.41, 5.74) is 4.18. The van der Waals surface area contributed by atoms with E-state index in [0.29, 0.717) is 17.0 Å². The molecule has 1 aliphatic rings. The van der Waals surface area contributed by atoms with E-state index in [-0.39, 0.29) is 11.1 Å². The molecular formula is C22H20N4O4. The van der Waals surface area contributed by atoms with Crippen molar-refractivity contribution in [2.24, 2.45) is 5.92 Å². The zero-order chi connectivity index (χ0) is 21.6. The van der Waals surface area contributed by atoms with Crippen molar-refractivity contribution in [2.45, 2.75) is 20.8 Å². The van der Waals surface area contributed by atoms with E-state index in [2.05, 4.69) is 15.3 Å². The monoisotopic (exact) mass is 404 g/mol. The number of allylic oxidation sites excluding steroid dienone is 1. The summed E-state index contributed by atoms with van der Waals surface area (Å²) < 4.78 is 2.00. The van der Waals surface area contributed by atoms with Crippen LogP contribution in [-0.4, -0.2) is 36.7 Å². The smallest absolute Gasteiger partial charge is 0.334 e. The average Bonchev–Trinajstić information content (AvgIpc) is 3.02. The Bertz CT molecular complexity index is 1250. The molecule has 1 unspecified atom stereocenters. The number of imidazole rings is 1. The molecule has 3 aromatic rings. The van der Waals surface area contributed by atoms with E-state index < -0.39 is 17.9 Å². The summed E-state index contributed by atoms with van der Waals surface area (Å²) >= 11 is 0. The minimum absolute atomic E-state index is 0.0288. The fraction of sp³-hybridized carbons (Fsp3) is 0.182. The second-order valence-corrected chi connectivity index (χ2v) is 7.19. The Hall–Kier alpha value is -3.94. The van der Waals surface area contributed by atoms with Gasteiger partial charge in [-0.3, -0.25) is 9.55 Å². The number of aliphatic carboxylic acids is 2. The average molecular weight is 404 g/mol. The Labute approximate surface area is 172 Å². The number of benzene rings is 1. The van der Waals surface area contributed by atoms with Crippen LogP contribution in [0.4, 0.5) is 0 Å². The van der Waals surface area contributed by atoms with Crippen molar-refractivity contribution in [2.75, 3.05) is 0 Å². The minimum atomic E-state index is -1.15. The quantitative estimate of drug-likeness (QED) is 0.611. The lowest BCUT2D eigenvalue weighted by atomic mass is 9.85. The first-order chi connectivity index (χ1) is 14.3. The molecular weight excluding hydrogens is 384 g/mol. The Morgan fingerprint density at radius 1 is 1.03 bits per heavy atom. The van der Waals surface area contributed by atoms with E-state index in [0.717, 1.165) is 22.5 Å². The van der Waals surface area contributed by atoms with Gasteiger partial charge in [-0.2, -0.15) is 0 Å². The van der Waals surface area contributed by atoms with Gasteiger partial charge in [0.25, 0.3) is 0 Å². The highest BCUT2D eigenvalue weighted by molar-refractivity contribution is 6.02. The second kappa shape index (κ2) is 7.14. The van der Waals surface area contributed by atoms with Crippen molar-refractivity contribution in [3.05, 3.63) is 71.0 Å². The van der Waals surface area contributed by atoms with Gasteiger partial charge in [0, 0.05) is 23.5 Å². The molecule has 152 valence electrons. The number of nitrogens with one attached hydrogen (secondary N) is 1. The van der Waals surface area contributed by atoms with Gasteiger partial charge >= 0.3 is 11.9 Å². The molecule has 4 rings (SSSR count). The van der Waals surface area contributed by atoms with Crippen molar-refractivity contribution in [3.63, 3.8) is 0 Å². The Morgan fingerprint density at radius 2 is 1.70 bits per heavy atom. The summed E-state index contributed by atoms with van der Waals surface area (Å²) in [6, 6.07) is 9.29. The van der Waals surface area contributed by atoms with Gasteiger partial charge in [0.15, 0.2) is 0 Å². The van der Waals surface area contributed by atoms with Gasteiger partial charge in [-0.1, -0.05) is 19.1 Å². The van der Waals surface area contributed by atoms with Gasteiger partial charge in [0.05, 0.1) is 28.6 Å². The zero-order valence-electron chi connectivity index (χ0n) is 16.7. The number of nitrogens with zero attached hydrogens (tertiary/aromatic N) is 3. The number of carboxylic acid groups (broad SMARTS) is 2. The van der Waals surface area contributed by atoms with Crippen molar-refractivity contribution in [3.8, 4) is 5.69 Å². The Kier molecular flexibility index (Phi) is 4.62. The molecule has 0 spiro atoms. The summed E-state index contributed by atoms with van der Waals surface area (Å²) in [6.07, 6.45) is 3.42. The molecule has 0 fully saturated rings. The van der Waals surface area contributed by atoms with Gasteiger partial charge < -0.3 is 15.5 Å². The summed E-state index contributed by atoms with van der Waals surface area (Å²) in [7, 11) is 0. The fourth-order valence-electron chi connectivity index (χ4n) is 4.03. The predicted molar refractivity (Wildman–Crippen MR) is 111 cm³/mol. The summed E-state index contributed by atoms with van der Waals surface area (Å²) in [5, 5.41) is 22.2. The number of pyridine rings is 1. The molecule has 0 radical (unpaired) electrons. The normalized spacial score (nSPS) is 16.7. The van der Waals surface area contributed by atoms with Crippen molar-refractivity contribution < 1.29 is 19.8 Å². The maximum atomic E-state index is 11.9. The highest BCUT2D eigenvalue weighted by Gasteiger charge is 2.33. The summed E-state index contributed by atoms with van der Waals surface area (Å²) in [6.45, 7) is 5.15. The molecule has 0 saturated carbocycles. The third-order valence-corrected chi connectivity index (χ3v) is 5.35.